The molecule has 1 aliphatic heterocycles. The number of ether oxygens (including phenoxy) is 3. The maximum absolute atomic E-state index is 6.05. The number of hydrogen-bond donors (Lipinski definition) is 1. The molecule has 0 radical (unpaired) electrons. The second-order valence-corrected chi connectivity index (χ2v) is 5.94. The summed E-state index contributed by atoms with van der Waals surface area (Å²) in [5, 5.41) is 1.00. The molecule has 0 saturated carbocycles. The minimum atomic E-state index is 0.241. The van der Waals surface area contributed by atoms with E-state index in [4.69, 9.17) is 19.9 Å². The lowest BCUT2D eigenvalue weighted by molar-refractivity contribution is 0.174. The van der Waals surface area contributed by atoms with Crippen LogP contribution in [-0.4, -0.2) is 11.8 Å². The number of fused-ring (bicyclic) bond motifs is 2. The van der Waals surface area contributed by atoms with Crippen LogP contribution < -0.4 is 19.9 Å². The molecule has 6 heteroatoms. The van der Waals surface area contributed by atoms with Crippen LogP contribution in [0.2, 0.25) is 0 Å². The normalized spacial score (nSPS) is 12.8. The predicted molar refractivity (Wildman–Crippen MR) is 81.4 cm³/mol. The number of hydrogen-bond acceptors (Lipinski definition) is 6. The molecule has 21 heavy (non-hydrogen) atoms. The van der Waals surface area contributed by atoms with Gasteiger partial charge in [-0.25, -0.2) is 4.98 Å². The molecule has 106 valence electrons. The molecule has 4 rings (SSSR count). The van der Waals surface area contributed by atoms with Gasteiger partial charge in [0, 0.05) is 12.1 Å². The number of aryl methyl sites for hydroxylation is 1. The molecule has 2 aromatic carbocycles. The van der Waals surface area contributed by atoms with Gasteiger partial charge < -0.3 is 19.9 Å². The van der Waals surface area contributed by atoms with Crippen LogP contribution in [-0.2, 0) is 0 Å². The lowest BCUT2D eigenvalue weighted by atomic mass is 10.2. The van der Waals surface area contributed by atoms with Crippen LogP contribution in [0.5, 0.6) is 23.0 Å². The van der Waals surface area contributed by atoms with Gasteiger partial charge in [-0.2, -0.15) is 0 Å². The summed E-state index contributed by atoms with van der Waals surface area (Å²) in [6, 6.07) is 9.18. The van der Waals surface area contributed by atoms with E-state index in [0.717, 1.165) is 21.0 Å². The lowest BCUT2D eigenvalue weighted by Gasteiger charge is -2.09. The first kappa shape index (κ1) is 12.3. The molecule has 2 N–H and O–H groups in total. The Labute approximate surface area is 124 Å². The van der Waals surface area contributed by atoms with E-state index < -0.39 is 0 Å². The summed E-state index contributed by atoms with van der Waals surface area (Å²) >= 11 is 1.61. The molecule has 0 saturated heterocycles. The van der Waals surface area contributed by atoms with Crippen LogP contribution in [0.25, 0.3) is 10.2 Å². The van der Waals surface area contributed by atoms with Crippen LogP contribution in [0.3, 0.4) is 0 Å². The topological polar surface area (TPSA) is 66.6 Å². The van der Waals surface area contributed by atoms with E-state index in [1.165, 1.54) is 0 Å². The number of anilines is 1. The van der Waals surface area contributed by atoms with E-state index in [1.54, 1.807) is 17.4 Å². The molecule has 0 bridgehead atoms. The predicted octanol–water partition coefficient (Wildman–Crippen LogP) is 3.71. The fraction of sp³-hybridized carbons (Fsp3) is 0.133. The van der Waals surface area contributed by atoms with Gasteiger partial charge in [0.25, 0.3) is 0 Å². The third kappa shape index (κ3) is 2.13. The average Bonchev–Trinajstić information content (AvgIpc) is 3.04. The molecular weight excluding hydrogens is 288 g/mol. The van der Waals surface area contributed by atoms with Crippen molar-refractivity contribution >= 4 is 27.2 Å². The Balaban J connectivity index is 1.71. The van der Waals surface area contributed by atoms with Crippen LogP contribution in [0, 0.1) is 6.92 Å². The van der Waals surface area contributed by atoms with Crippen LogP contribution >= 0.6 is 11.3 Å². The molecule has 1 aromatic heterocycles. The number of thiazole rings is 1. The van der Waals surface area contributed by atoms with E-state index in [2.05, 4.69) is 4.98 Å². The van der Waals surface area contributed by atoms with E-state index in [1.807, 2.05) is 31.2 Å². The maximum atomic E-state index is 6.05. The SMILES string of the molecule is Cc1nc2cc(Oc3ccc4c(c3)OCO4)c(N)cc2s1. The average molecular weight is 300 g/mol. The first-order chi connectivity index (χ1) is 10.2. The molecule has 3 aromatic rings. The Kier molecular flexibility index (Phi) is 2.65. The molecule has 1 aliphatic rings. The van der Waals surface area contributed by atoms with Gasteiger partial charge in [0.2, 0.25) is 6.79 Å². The fourth-order valence-corrected chi connectivity index (χ4v) is 3.10. The standard InChI is InChI=1S/C15H12N2O3S/c1-8-17-11-6-13(10(16)5-15(11)21-8)20-9-2-3-12-14(4-9)19-7-18-12/h2-6H,7,16H2,1H3. The first-order valence-electron chi connectivity index (χ1n) is 6.43. The zero-order chi connectivity index (χ0) is 14.4. The molecule has 5 nitrogen and oxygen atoms in total. The van der Waals surface area contributed by atoms with Crippen LogP contribution in [0.4, 0.5) is 5.69 Å². The van der Waals surface area contributed by atoms with Crippen molar-refractivity contribution in [1.29, 1.82) is 0 Å². The summed E-state index contributed by atoms with van der Waals surface area (Å²) in [5.74, 6) is 2.64. The van der Waals surface area contributed by atoms with Gasteiger partial charge in [0.05, 0.1) is 20.9 Å². The van der Waals surface area contributed by atoms with Crippen molar-refractivity contribution in [2.45, 2.75) is 6.92 Å². The fourth-order valence-electron chi connectivity index (χ4n) is 2.24. The second-order valence-electron chi connectivity index (χ2n) is 4.71. The number of nitrogens with zero attached hydrogens (tertiary/aromatic N) is 1. The zero-order valence-electron chi connectivity index (χ0n) is 11.3. The Morgan fingerprint density at radius 2 is 2.05 bits per heavy atom. The van der Waals surface area contributed by atoms with Gasteiger partial charge in [-0.05, 0) is 25.1 Å². The quantitative estimate of drug-likeness (QED) is 0.731. The molecule has 0 fully saturated rings. The Morgan fingerprint density at radius 1 is 1.19 bits per heavy atom. The van der Waals surface area contributed by atoms with E-state index >= 15 is 0 Å². The van der Waals surface area contributed by atoms with Crippen molar-refractivity contribution in [2.75, 3.05) is 12.5 Å². The zero-order valence-corrected chi connectivity index (χ0v) is 12.1. The van der Waals surface area contributed by atoms with Crippen molar-refractivity contribution in [2.24, 2.45) is 0 Å². The van der Waals surface area contributed by atoms with Gasteiger partial charge in [0.1, 0.15) is 5.75 Å². The van der Waals surface area contributed by atoms with Crippen LogP contribution in [0.15, 0.2) is 30.3 Å². The lowest BCUT2D eigenvalue weighted by Crippen LogP contribution is -1.93. The molecule has 2 heterocycles. The van der Waals surface area contributed by atoms with Crippen molar-refractivity contribution in [1.82, 2.24) is 4.98 Å². The smallest absolute Gasteiger partial charge is 0.231 e. The van der Waals surface area contributed by atoms with Crippen LogP contribution in [0.1, 0.15) is 5.01 Å². The van der Waals surface area contributed by atoms with Gasteiger partial charge >= 0.3 is 0 Å². The van der Waals surface area contributed by atoms with Crippen molar-refractivity contribution < 1.29 is 14.2 Å². The first-order valence-corrected chi connectivity index (χ1v) is 7.25. The van der Waals surface area contributed by atoms with Gasteiger partial charge in [0.15, 0.2) is 17.2 Å². The molecule has 0 unspecified atom stereocenters. The van der Waals surface area contributed by atoms with Crippen molar-refractivity contribution in [3.8, 4) is 23.0 Å². The molecule has 0 spiro atoms. The Morgan fingerprint density at radius 3 is 2.95 bits per heavy atom. The number of benzene rings is 2. The van der Waals surface area contributed by atoms with Gasteiger partial charge in [-0.3, -0.25) is 0 Å². The molecule has 0 amide bonds. The molecule has 0 aliphatic carbocycles. The van der Waals surface area contributed by atoms with Gasteiger partial charge in [-0.15, -0.1) is 11.3 Å². The summed E-state index contributed by atoms with van der Waals surface area (Å²) in [6.45, 7) is 2.21. The third-order valence-corrected chi connectivity index (χ3v) is 4.13. The number of aromatic nitrogens is 1. The second kappa shape index (κ2) is 4.53. The summed E-state index contributed by atoms with van der Waals surface area (Å²) in [7, 11) is 0. The highest BCUT2D eigenvalue weighted by Crippen LogP contribution is 2.39. The Hall–Kier alpha value is -2.47. The summed E-state index contributed by atoms with van der Waals surface area (Å²) in [6.07, 6.45) is 0. The van der Waals surface area contributed by atoms with Crippen molar-refractivity contribution in [3.05, 3.63) is 35.3 Å². The largest absolute Gasteiger partial charge is 0.455 e. The number of nitrogens with two attached hydrogens (primary N) is 1. The number of rotatable bonds is 2. The minimum Gasteiger partial charge on any atom is -0.455 e. The highest BCUT2D eigenvalue weighted by atomic mass is 32.1. The van der Waals surface area contributed by atoms with Crippen molar-refractivity contribution in [3.63, 3.8) is 0 Å². The third-order valence-electron chi connectivity index (χ3n) is 3.20. The van der Waals surface area contributed by atoms with Gasteiger partial charge in [-0.1, -0.05) is 0 Å². The molecular formula is C15H12N2O3S. The summed E-state index contributed by atoms with van der Waals surface area (Å²) < 4.78 is 17.5. The monoisotopic (exact) mass is 300 g/mol. The number of nitrogen functional groups attached to an aromatic ring is 1. The highest BCUT2D eigenvalue weighted by Gasteiger charge is 2.15. The minimum absolute atomic E-state index is 0.241. The summed E-state index contributed by atoms with van der Waals surface area (Å²) in [5.41, 5.74) is 7.53. The van der Waals surface area contributed by atoms with E-state index in [0.29, 0.717) is 22.9 Å². The summed E-state index contributed by atoms with van der Waals surface area (Å²) in [4.78, 5) is 4.45. The van der Waals surface area contributed by atoms with E-state index in [9.17, 15) is 0 Å². The van der Waals surface area contributed by atoms with E-state index in [-0.39, 0.29) is 6.79 Å². The maximum Gasteiger partial charge on any atom is 0.231 e. The highest BCUT2D eigenvalue weighted by molar-refractivity contribution is 7.18. The molecule has 0 atom stereocenters. The Bertz CT molecular complexity index is 844.